The van der Waals surface area contributed by atoms with Gasteiger partial charge in [-0.1, -0.05) is 6.92 Å². The van der Waals surface area contributed by atoms with Gasteiger partial charge in [0.1, 0.15) is 0 Å². The summed E-state index contributed by atoms with van der Waals surface area (Å²) in [6.07, 6.45) is 4.58. The summed E-state index contributed by atoms with van der Waals surface area (Å²) in [4.78, 5) is 6.64. The van der Waals surface area contributed by atoms with E-state index in [1.807, 2.05) is 13.1 Å². The minimum atomic E-state index is 0.906. The Morgan fingerprint density at radius 3 is 2.64 bits per heavy atom. The van der Waals surface area contributed by atoms with Gasteiger partial charge in [0, 0.05) is 13.1 Å². The second-order valence-corrected chi connectivity index (χ2v) is 3.38. The standard InChI is InChI=1S/C9H18N2/c1-3-10-8-11-6-4-9(2)5-7-11/h3,9H,4-8H2,1-2H3/b10-3-. The van der Waals surface area contributed by atoms with Crippen molar-refractivity contribution in [3.8, 4) is 0 Å². The number of likely N-dealkylation sites (tertiary alicyclic amines) is 1. The topological polar surface area (TPSA) is 15.6 Å². The van der Waals surface area contributed by atoms with Gasteiger partial charge < -0.3 is 0 Å². The van der Waals surface area contributed by atoms with Crippen molar-refractivity contribution in [1.82, 2.24) is 4.90 Å². The monoisotopic (exact) mass is 154 g/mol. The fourth-order valence-corrected chi connectivity index (χ4v) is 1.40. The van der Waals surface area contributed by atoms with E-state index in [0.29, 0.717) is 0 Å². The molecule has 1 rings (SSSR count). The quantitative estimate of drug-likeness (QED) is 0.553. The Bertz CT molecular complexity index is 124. The summed E-state index contributed by atoms with van der Waals surface area (Å²) in [6, 6.07) is 0. The molecule has 0 unspecified atom stereocenters. The van der Waals surface area contributed by atoms with E-state index in [0.717, 1.165) is 12.6 Å². The molecule has 1 saturated heterocycles. The average molecular weight is 154 g/mol. The second kappa shape index (κ2) is 4.50. The molecule has 64 valence electrons. The van der Waals surface area contributed by atoms with Crippen molar-refractivity contribution in [2.45, 2.75) is 26.7 Å². The number of rotatable bonds is 2. The molecule has 0 atom stereocenters. The summed E-state index contributed by atoms with van der Waals surface area (Å²) in [6.45, 7) is 7.69. The van der Waals surface area contributed by atoms with Crippen LogP contribution in [0.3, 0.4) is 0 Å². The summed E-state index contributed by atoms with van der Waals surface area (Å²) in [7, 11) is 0. The lowest BCUT2D eigenvalue weighted by atomic mass is 10.00. The Balaban J connectivity index is 2.17. The summed E-state index contributed by atoms with van der Waals surface area (Å²) < 4.78 is 0. The fourth-order valence-electron chi connectivity index (χ4n) is 1.40. The van der Waals surface area contributed by atoms with Crippen molar-refractivity contribution >= 4 is 6.21 Å². The van der Waals surface area contributed by atoms with E-state index >= 15 is 0 Å². The molecule has 0 N–H and O–H groups in total. The summed E-state index contributed by atoms with van der Waals surface area (Å²) in [5.74, 6) is 0.928. The van der Waals surface area contributed by atoms with Crippen LogP contribution < -0.4 is 0 Å². The molecule has 0 radical (unpaired) electrons. The third-order valence-corrected chi connectivity index (χ3v) is 2.34. The number of hydrogen-bond donors (Lipinski definition) is 0. The predicted molar refractivity (Wildman–Crippen MR) is 49.0 cm³/mol. The van der Waals surface area contributed by atoms with Gasteiger partial charge in [-0.3, -0.25) is 9.89 Å². The Hall–Kier alpha value is -0.370. The molecule has 0 saturated carbocycles. The highest BCUT2D eigenvalue weighted by Crippen LogP contribution is 2.15. The van der Waals surface area contributed by atoms with Crippen LogP contribution in [0.2, 0.25) is 0 Å². The second-order valence-electron chi connectivity index (χ2n) is 3.38. The highest BCUT2D eigenvalue weighted by Gasteiger charge is 2.13. The van der Waals surface area contributed by atoms with Crippen LogP contribution in [0.4, 0.5) is 0 Å². The maximum absolute atomic E-state index is 4.22. The van der Waals surface area contributed by atoms with E-state index in [2.05, 4.69) is 16.8 Å². The van der Waals surface area contributed by atoms with Crippen LogP contribution in [0.15, 0.2) is 4.99 Å². The van der Waals surface area contributed by atoms with E-state index < -0.39 is 0 Å². The third kappa shape index (κ3) is 3.02. The molecule has 1 heterocycles. The lowest BCUT2D eigenvalue weighted by Gasteiger charge is -2.28. The van der Waals surface area contributed by atoms with Crippen molar-refractivity contribution < 1.29 is 0 Å². The Kier molecular flexibility index (Phi) is 3.57. The first-order valence-corrected chi connectivity index (χ1v) is 4.49. The number of piperidine rings is 1. The van der Waals surface area contributed by atoms with Crippen molar-refractivity contribution in [2.75, 3.05) is 19.8 Å². The van der Waals surface area contributed by atoms with Gasteiger partial charge in [-0.2, -0.15) is 0 Å². The van der Waals surface area contributed by atoms with Crippen LogP contribution in [-0.2, 0) is 0 Å². The maximum atomic E-state index is 4.22. The zero-order valence-corrected chi connectivity index (χ0v) is 7.58. The largest absolute Gasteiger partial charge is 0.284 e. The van der Waals surface area contributed by atoms with Gasteiger partial charge in [0.2, 0.25) is 0 Å². The molecule has 0 spiro atoms. The van der Waals surface area contributed by atoms with Crippen molar-refractivity contribution in [1.29, 1.82) is 0 Å². The zero-order valence-electron chi connectivity index (χ0n) is 7.58. The normalized spacial score (nSPS) is 23.1. The van der Waals surface area contributed by atoms with Gasteiger partial charge >= 0.3 is 0 Å². The van der Waals surface area contributed by atoms with Gasteiger partial charge in [0.25, 0.3) is 0 Å². The molecule has 0 aromatic heterocycles. The smallest absolute Gasteiger partial charge is 0.0905 e. The molecular formula is C9H18N2. The Morgan fingerprint density at radius 2 is 2.09 bits per heavy atom. The van der Waals surface area contributed by atoms with Crippen molar-refractivity contribution in [2.24, 2.45) is 10.9 Å². The van der Waals surface area contributed by atoms with Crippen LogP contribution in [-0.4, -0.2) is 30.9 Å². The van der Waals surface area contributed by atoms with Crippen LogP contribution in [0.5, 0.6) is 0 Å². The van der Waals surface area contributed by atoms with E-state index in [4.69, 9.17) is 0 Å². The van der Waals surface area contributed by atoms with Crippen LogP contribution in [0.1, 0.15) is 26.7 Å². The van der Waals surface area contributed by atoms with E-state index in [9.17, 15) is 0 Å². The van der Waals surface area contributed by atoms with Gasteiger partial charge in [0.05, 0.1) is 6.67 Å². The number of aliphatic imine (C=N–C) groups is 1. The first-order chi connectivity index (χ1) is 5.33. The predicted octanol–water partition coefficient (Wildman–Crippen LogP) is 1.77. The molecule has 0 bridgehead atoms. The summed E-state index contributed by atoms with van der Waals surface area (Å²) >= 11 is 0. The first kappa shape index (κ1) is 8.72. The molecule has 0 aromatic carbocycles. The SMILES string of the molecule is C/C=N\CN1CCC(C)CC1. The Labute approximate surface area is 69.3 Å². The van der Waals surface area contributed by atoms with E-state index in [1.165, 1.54) is 25.9 Å². The van der Waals surface area contributed by atoms with E-state index in [-0.39, 0.29) is 0 Å². The minimum absolute atomic E-state index is 0.906. The number of nitrogens with zero attached hydrogens (tertiary/aromatic N) is 2. The molecule has 0 aromatic rings. The van der Waals surface area contributed by atoms with Crippen molar-refractivity contribution in [3.63, 3.8) is 0 Å². The molecule has 1 aliphatic heterocycles. The minimum Gasteiger partial charge on any atom is -0.284 e. The van der Waals surface area contributed by atoms with Crippen LogP contribution in [0, 0.1) is 5.92 Å². The maximum Gasteiger partial charge on any atom is 0.0905 e. The van der Waals surface area contributed by atoms with Crippen LogP contribution >= 0.6 is 0 Å². The Morgan fingerprint density at radius 1 is 1.45 bits per heavy atom. The summed E-state index contributed by atoms with van der Waals surface area (Å²) in [5, 5.41) is 0. The third-order valence-electron chi connectivity index (χ3n) is 2.34. The lowest BCUT2D eigenvalue weighted by molar-refractivity contribution is 0.198. The highest BCUT2D eigenvalue weighted by molar-refractivity contribution is 5.53. The van der Waals surface area contributed by atoms with Gasteiger partial charge in [-0.15, -0.1) is 0 Å². The molecule has 0 aliphatic carbocycles. The molecule has 0 amide bonds. The molecule has 1 fully saturated rings. The van der Waals surface area contributed by atoms with Gasteiger partial charge in [0.15, 0.2) is 0 Å². The van der Waals surface area contributed by atoms with Crippen molar-refractivity contribution in [3.05, 3.63) is 0 Å². The molecule has 1 aliphatic rings. The van der Waals surface area contributed by atoms with Gasteiger partial charge in [-0.05, 0) is 31.9 Å². The fraction of sp³-hybridized carbons (Fsp3) is 0.889. The molecule has 2 heteroatoms. The zero-order chi connectivity index (χ0) is 8.10. The summed E-state index contributed by atoms with van der Waals surface area (Å²) in [5.41, 5.74) is 0. The molecule has 2 nitrogen and oxygen atoms in total. The highest BCUT2D eigenvalue weighted by atomic mass is 15.2. The van der Waals surface area contributed by atoms with Gasteiger partial charge in [-0.25, -0.2) is 0 Å². The molecular weight excluding hydrogens is 136 g/mol. The lowest BCUT2D eigenvalue weighted by Crippen LogP contribution is -2.32. The average Bonchev–Trinajstić information content (AvgIpc) is 2.04. The first-order valence-electron chi connectivity index (χ1n) is 4.49. The van der Waals surface area contributed by atoms with E-state index in [1.54, 1.807) is 0 Å². The van der Waals surface area contributed by atoms with Crippen LogP contribution in [0.25, 0.3) is 0 Å². The molecule has 11 heavy (non-hydrogen) atoms. The number of hydrogen-bond acceptors (Lipinski definition) is 2.